The predicted molar refractivity (Wildman–Crippen MR) is 68.3 cm³/mol. The highest BCUT2D eigenvalue weighted by atomic mass is 32.2. The number of ether oxygens (including phenoxy) is 1. The first-order chi connectivity index (χ1) is 7.98. The maximum Gasteiger partial charge on any atom is 0.120 e. The van der Waals surface area contributed by atoms with Gasteiger partial charge in [-0.15, -0.1) is 0 Å². The summed E-state index contributed by atoms with van der Waals surface area (Å²) in [5.41, 5.74) is -0.422. The second-order valence-electron chi connectivity index (χ2n) is 4.47. The highest BCUT2D eigenvalue weighted by molar-refractivity contribution is 7.85. The van der Waals surface area contributed by atoms with Crippen molar-refractivity contribution in [3.8, 4) is 11.8 Å². The molecule has 1 aromatic rings. The molecule has 92 valence electrons. The van der Waals surface area contributed by atoms with Crippen molar-refractivity contribution < 1.29 is 8.95 Å². The second-order valence-corrected chi connectivity index (χ2v) is 6.05. The first-order valence-electron chi connectivity index (χ1n) is 5.42. The molecule has 1 unspecified atom stereocenters. The third-order valence-electron chi connectivity index (χ3n) is 2.52. The lowest BCUT2D eigenvalue weighted by atomic mass is 9.93. The molecule has 17 heavy (non-hydrogen) atoms. The van der Waals surface area contributed by atoms with Gasteiger partial charge < -0.3 is 4.74 Å². The van der Waals surface area contributed by atoms with E-state index in [9.17, 15) is 4.21 Å². The molecule has 0 heterocycles. The van der Waals surface area contributed by atoms with E-state index in [0.717, 1.165) is 4.90 Å². The Kier molecular flexibility index (Phi) is 4.71. The molecule has 1 atom stereocenters. The van der Waals surface area contributed by atoms with Crippen molar-refractivity contribution in [3.05, 3.63) is 24.3 Å². The van der Waals surface area contributed by atoms with Crippen LogP contribution in [-0.4, -0.2) is 17.1 Å². The molecule has 0 aliphatic rings. The molecule has 0 N–H and O–H groups in total. The van der Waals surface area contributed by atoms with Crippen LogP contribution in [-0.2, 0) is 10.8 Å². The molecule has 0 aliphatic heterocycles. The summed E-state index contributed by atoms with van der Waals surface area (Å²) in [4.78, 5) is 0.748. The average molecular weight is 251 g/mol. The molecule has 0 saturated carbocycles. The van der Waals surface area contributed by atoms with E-state index in [2.05, 4.69) is 6.07 Å². The van der Waals surface area contributed by atoms with Crippen LogP contribution in [0.4, 0.5) is 0 Å². The zero-order chi connectivity index (χ0) is 12.9. The minimum absolute atomic E-state index is 0.422. The number of methoxy groups -OCH3 is 1. The number of nitriles is 1. The van der Waals surface area contributed by atoms with E-state index in [1.807, 2.05) is 32.0 Å². The quantitative estimate of drug-likeness (QED) is 0.808. The van der Waals surface area contributed by atoms with E-state index >= 15 is 0 Å². The molecule has 0 amide bonds. The Balaban J connectivity index is 2.68. The van der Waals surface area contributed by atoms with Gasteiger partial charge in [-0.2, -0.15) is 5.26 Å². The highest BCUT2D eigenvalue weighted by Crippen LogP contribution is 2.22. The molecule has 0 spiro atoms. The third-order valence-corrected chi connectivity index (χ3v) is 3.87. The molecule has 0 saturated heterocycles. The number of benzene rings is 1. The fraction of sp³-hybridized carbons (Fsp3) is 0.462. The van der Waals surface area contributed by atoms with Crippen LogP contribution in [0.3, 0.4) is 0 Å². The number of hydrogen-bond donors (Lipinski definition) is 0. The van der Waals surface area contributed by atoms with Gasteiger partial charge in [0.05, 0.1) is 29.4 Å². The Morgan fingerprint density at radius 3 is 2.76 bits per heavy atom. The maximum absolute atomic E-state index is 12.0. The van der Waals surface area contributed by atoms with E-state index in [-0.39, 0.29) is 0 Å². The van der Waals surface area contributed by atoms with Crippen molar-refractivity contribution in [1.29, 1.82) is 5.26 Å². The number of hydrogen-bond acceptors (Lipinski definition) is 3. The monoisotopic (exact) mass is 251 g/mol. The molecular formula is C13H17NO2S. The second kappa shape index (κ2) is 5.83. The van der Waals surface area contributed by atoms with Gasteiger partial charge in [-0.1, -0.05) is 6.07 Å². The normalized spacial score (nSPS) is 12.8. The molecule has 1 rings (SSSR count). The van der Waals surface area contributed by atoms with Gasteiger partial charge in [0.15, 0.2) is 0 Å². The maximum atomic E-state index is 12.0. The highest BCUT2D eigenvalue weighted by Gasteiger charge is 2.18. The summed E-state index contributed by atoms with van der Waals surface area (Å²) in [6.45, 7) is 3.71. The molecule has 1 aromatic carbocycles. The molecular weight excluding hydrogens is 234 g/mol. The molecule has 0 fully saturated rings. The van der Waals surface area contributed by atoms with E-state index in [0.29, 0.717) is 17.9 Å². The topological polar surface area (TPSA) is 50.1 Å². The van der Waals surface area contributed by atoms with Crippen LogP contribution in [0, 0.1) is 16.7 Å². The van der Waals surface area contributed by atoms with Crippen LogP contribution < -0.4 is 4.74 Å². The Bertz CT molecular complexity index is 449. The van der Waals surface area contributed by atoms with Gasteiger partial charge in [0.25, 0.3) is 0 Å². The zero-order valence-electron chi connectivity index (χ0n) is 10.4. The smallest absolute Gasteiger partial charge is 0.120 e. The Morgan fingerprint density at radius 2 is 2.18 bits per heavy atom. The largest absolute Gasteiger partial charge is 0.497 e. The van der Waals surface area contributed by atoms with Crippen LogP contribution in [0.25, 0.3) is 0 Å². The molecule has 0 aliphatic carbocycles. The van der Waals surface area contributed by atoms with E-state index in [4.69, 9.17) is 10.00 Å². The van der Waals surface area contributed by atoms with Crippen molar-refractivity contribution in [2.24, 2.45) is 5.41 Å². The molecule has 0 radical (unpaired) electrons. The van der Waals surface area contributed by atoms with Gasteiger partial charge in [0.1, 0.15) is 5.75 Å². The standard InChI is InChI=1S/C13H17NO2S/c1-13(2,10-14)7-8-17(15)12-6-4-5-11(9-12)16-3/h4-6,9H,7-8H2,1-3H3. The van der Waals surface area contributed by atoms with Gasteiger partial charge in [-0.05, 0) is 38.5 Å². The Labute approximate surface area is 105 Å². The van der Waals surface area contributed by atoms with Crippen LogP contribution in [0.5, 0.6) is 5.75 Å². The lowest BCUT2D eigenvalue weighted by molar-refractivity contribution is 0.413. The first kappa shape index (κ1) is 13.7. The predicted octanol–water partition coefficient (Wildman–Crippen LogP) is 2.74. The van der Waals surface area contributed by atoms with E-state index in [1.54, 1.807) is 13.2 Å². The molecule has 0 aromatic heterocycles. The SMILES string of the molecule is COc1cccc(S(=O)CCC(C)(C)C#N)c1. The summed E-state index contributed by atoms with van der Waals surface area (Å²) in [5, 5.41) is 8.89. The van der Waals surface area contributed by atoms with Crippen LogP contribution in [0.1, 0.15) is 20.3 Å². The van der Waals surface area contributed by atoms with Gasteiger partial charge in [-0.3, -0.25) is 4.21 Å². The Hall–Kier alpha value is -1.34. The van der Waals surface area contributed by atoms with Crippen LogP contribution in [0.15, 0.2) is 29.2 Å². The van der Waals surface area contributed by atoms with Gasteiger partial charge in [-0.25, -0.2) is 0 Å². The lowest BCUT2D eigenvalue weighted by Crippen LogP contribution is -2.12. The number of nitrogens with zero attached hydrogens (tertiary/aromatic N) is 1. The summed E-state index contributed by atoms with van der Waals surface area (Å²) in [7, 11) is 0.510. The van der Waals surface area contributed by atoms with E-state index in [1.165, 1.54) is 0 Å². The van der Waals surface area contributed by atoms with Crippen LogP contribution in [0.2, 0.25) is 0 Å². The van der Waals surface area contributed by atoms with Gasteiger partial charge >= 0.3 is 0 Å². The summed E-state index contributed by atoms with van der Waals surface area (Å²) in [6, 6.07) is 9.44. The fourth-order valence-corrected chi connectivity index (χ4v) is 2.67. The molecule has 4 heteroatoms. The van der Waals surface area contributed by atoms with Crippen LogP contribution >= 0.6 is 0 Å². The fourth-order valence-electron chi connectivity index (χ4n) is 1.26. The van der Waals surface area contributed by atoms with Crippen molar-refractivity contribution in [2.45, 2.75) is 25.2 Å². The minimum Gasteiger partial charge on any atom is -0.497 e. The summed E-state index contributed by atoms with van der Waals surface area (Å²) in [6.07, 6.45) is 0.618. The summed E-state index contributed by atoms with van der Waals surface area (Å²) in [5.74, 6) is 1.20. The third kappa shape index (κ3) is 4.20. The average Bonchev–Trinajstić information content (AvgIpc) is 2.36. The summed E-state index contributed by atoms with van der Waals surface area (Å²) >= 11 is 0. The minimum atomic E-state index is -1.07. The zero-order valence-corrected chi connectivity index (χ0v) is 11.2. The molecule has 0 bridgehead atoms. The van der Waals surface area contributed by atoms with E-state index < -0.39 is 16.2 Å². The van der Waals surface area contributed by atoms with Crippen molar-refractivity contribution in [2.75, 3.05) is 12.9 Å². The van der Waals surface area contributed by atoms with Crippen molar-refractivity contribution >= 4 is 10.8 Å². The van der Waals surface area contributed by atoms with Crippen molar-refractivity contribution in [3.63, 3.8) is 0 Å². The van der Waals surface area contributed by atoms with Gasteiger partial charge in [0, 0.05) is 10.6 Å². The Morgan fingerprint density at radius 1 is 1.47 bits per heavy atom. The van der Waals surface area contributed by atoms with Crippen molar-refractivity contribution in [1.82, 2.24) is 0 Å². The lowest BCUT2D eigenvalue weighted by Gasteiger charge is -2.14. The summed E-state index contributed by atoms with van der Waals surface area (Å²) < 4.78 is 17.1. The molecule has 3 nitrogen and oxygen atoms in total. The van der Waals surface area contributed by atoms with Gasteiger partial charge in [0.2, 0.25) is 0 Å². The number of rotatable bonds is 5. The first-order valence-corrected chi connectivity index (χ1v) is 6.74.